The Bertz CT molecular complexity index is 236. The van der Waals surface area contributed by atoms with Crippen molar-refractivity contribution in [3.05, 3.63) is 0 Å². The molecule has 0 atom stereocenters. The third-order valence-electron chi connectivity index (χ3n) is 0.316. The van der Waals surface area contributed by atoms with Crippen LogP contribution in [0.3, 0.4) is 0 Å². The van der Waals surface area contributed by atoms with Crippen LogP contribution in [0.25, 0.3) is 0 Å². The van der Waals surface area contributed by atoms with E-state index in [4.69, 9.17) is 19.6 Å². The van der Waals surface area contributed by atoms with E-state index in [0.717, 1.165) is 0 Å². The molecule has 0 aliphatic heterocycles. The van der Waals surface area contributed by atoms with Crippen LogP contribution >= 0.6 is 15.6 Å². The molecule has 0 heterocycles. The van der Waals surface area contributed by atoms with Gasteiger partial charge in [0, 0.05) is 0 Å². The van der Waals surface area contributed by atoms with Crippen LogP contribution in [0.1, 0.15) is 0 Å². The molecule has 14 heteroatoms. The first-order valence-electron chi connectivity index (χ1n) is 2.03. The summed E-state index contributed by atoms with van der Waals surface area (Å²) in [6.45, 7) is 0. The summed E-state index contributed by atoms with van der Waals surface area (Å²) in [5, 5.41) is 0. The second kappa shape index (κ2) is 8.46. The molecule has 0 rings (SSSR count). The first-order chi connectivity index (χ1) is 5.10. The molecule has 0 aromatic rings. The van der Waals surface area contributed by atoms with Crippen LogP contribution in [-0.2, 0) is 28.4 Å². The molecule has 0 amide bonds. The van der Waals surface area contributed by atoms with Crippen molar-refractivity contribution in [2.24, 2.45) is 0 Å². The van der Waals surface area contributed by atoms with Crippen molar-refractivity contribution in [1.29, 1.82) is 0 Å². The zero-order chi connectivity index (χ0) is 9.99. The molecule has 0 aromatic heterocycles. The summed E-state index contributed by atoms with van der Waals surface area (Å²) in [6, 6.07) is 0. The quantitative estimate of drug-likeness (QED) is 0.325. The zero-order valence-corrected chi connectivity index (χ0v) is 7.74. The molecule has 0 unspecified atom stereocenters. The molecule has 0 aromatic carbocycles. The van der Waals surface area contributed by atoms with Crippen molar-refractivity contribution >= 4 is 86.1 Å². The Labute approximate surface area is 125 Å². The van der Waals surface area contributed by atoms with Gasteiger partial charge in [-0.25, -0.2) is 9.13 Å². The standard InChI is InChI=1S/2Na.H4O9P2S.2H/c;;1-10(2,3)8-12(7)9-11(4,5)6;;/h;;(H2,1,2,3)(H2,4,5,6);;. The minimum atomic E-state index is -5.08. The van der Waals surface area contributed by atoms with Crippen molar-refractivity contribution < 1.29 is 40.9 Å². The van der Waals surface area contributed by atoms with Gasteiger partial charge in [-0.15, -0.1) is 0 Å². The monoisotopic (exact) mass is 290 g/mol. The maximum absolute atomic E-state index is 10.2. The number of hydrogen-bond donors (Lipinski definition) is 4. The van der Waals surface area contributed by atoms with Gasteiger partial charge in [0.15, 0.2) is 0 Å². The van der Waals surface area contributed by atoms with Crippen molar-refractivity contribution in [3.63, 3.8) is 0 Å². The Morgan fingerprint density at radius 1 is 0.857 bits per heavy atom. The number of rotatable bonds is 4. The Morgan fingerprint density at radius 3 is 1.21 bits per heavy atom. The second-order valence-corrected chi connectivity index (χ2v) is 4.90. The Hall–Kier alpha value is 2.37. The van der Waals surface area contributed by atoms with Gasteiger partial charge < -0.3 is 19.6 Å². The molecule has 0 spiro atoms. The molecule has 0 saturated heterocycles. The van der Waals surface area contributed by atoms with Gasteiger partial charge in [0.05, 0.1) is 0 Å². The van der Waals surface area contributed by atoms with Gasteiger partial charge in [0.1, 0.15) is 0 Å². The number of hydrogen-bond acceptors (Lipinski definition) is 5. The summed E-state index contributed by atoms with van der Waals surface area (Å²) in [6.07, 6.45) is 0. The molecule has 0 aliphatic rings. The summed E-state index contributed by atoms with van der Waals surface area (Å²) in [5.41, 5.74) is 0. The van der Waals surface area contributed by atoms with E-state index in [-0.39, 0.29) is 59.1 Å². The molecule has 0 radical (unpaired) electrons. The molecule has 0 fully saturated rings. The van der Waals surface area contributed by atoms with Gasteiger partial charge in [-0.05, 0) is 0 Å². The van der Waals surface area contributed by atoms with E-state index in [1.165, 1.54) is 0 Å². The second-order valence-electron chi connectivity index (χ2n) is 1.33. The van der Waals surface area contributed by atoms with Gasteiger partial charge in [0.25, 0.3) is 0 Å². The van der Waals surface area contributed by atoms with Gasteiger partial charge in [-0.1, -0.05) is 0 Å². The van der Waals surface area contributed by atoms with E-state index in [1.54, 1.807) is 0 Å². The van der Waals surface area contributed by atoms with Gasteiger partial charge in [-0.2, -0.15) is 12.1 Å². The summed E-state index contributed by atoms with van der Waals surface area (Å²) < 4.78 is 36.4. The van der Waals surface area contributed by atoms with E-state index in [0.29, 0.717) is 0 Å². The summed E-state index contributed by atoms with van der Waals surface area (Å²) in [5.74, 6) is 0. The van der Waals surface area contributed by atoms with Crippen LogP contribution in [0.15, 0.2) is 0 Å². The van der Waals surface area contributed by atoms with Crippen molar-refractivity contribution in [3.8, 4) is 0 Å². The molecule has 0 aliphatic carbocycles. The molecule has 4 N–H and O–H groups in total. The fourth-order valence-corrected chi connectivity index (χ4v) is 1.79. The van der Waals surface area contributed by atoms with Crippen molar-refractivity contribution in [2.75, 3.05) is 0 Å². The first-order valence-corrected chi connectivity index (χ1v) is 6.09. The molecular formula is H6Na2O9P2S. The van der Waals surface area contributed by atoms with Crippen molar-refractivity contribution in [1.82, 2.24) is 0 Å². The predicted octanol–water partition coefficient (Wildman–Crippen LogP) is -2.51. The molecule has 78 valence electrons. The van der Waals surface area contributed by atoms with E-state index >= 15 is 0 Å². The Balaban J connectivity index is -0.000000605. The van der Waals surface area contributed by atoms with E-state index < -0.39 is 27.0 Å². The summed E-state index contributed by atoms with van der Waals surface area (Å²) in [4.78, 5) is 31.8. The van der Waals surface area contributed by atoms with Crippen LogP contribution < -0.4 is 0 Å². The van der Waals surface area contributed by atoms with Crippen LogP contribution in [0, 0.1) is 0 Å². The van der Waals surface area contributed by atoms with E-state index in [9.17, 15) is 13.3 Å². The summed E-state index contributed by atoms with van der Waals surface area (Å²) in [7, 11) is -10.2. The third-order valence-corrected chi connectivity index (χ3v) is 2.84. The minimum absolute atomic E-state index is 0. The Morgan fingerprint density at radius 2 is 1.07 bits per heavy atom. The maximum atomic E-state index is 10.2. The molecule has 14 heavy (non-hydrogen) atoms. The first kappa shape index (κ1) is 21.6. The van der Waals surface area contributed by atoms with Crippen LogP contribution in [-0.4, -0.2) is 82.9 Å². The third kappa shape index (κ3) is 16.8. The average Bonchev–Trinajstić information content (AvgIpc) is 1.49. The van der Waals surface area contributed by atoms with Gasteiger partial charge in [0.2, 0.25) is 0 Å². The van der Waals surface area contributed by atoms with E-state index in [1.807, 2.05) is 0 Å². The van der Waals surface area contributed by atoms with Crippen molar-refractivity contribution in [2.45, 2.75) is 0 Å². The molecular weight excluding hydrogens is 284 g/mol. The van der Waals surface area contributed by atoms with E-state index in [2.05, 4.69) is 7.94 Å². The average molecular weight is 290 g/mol. The van der Waals surface area contributed by atoms with Crippen LogP contribution in [0.2, 0.25) is 0 Å². The summed E-state index contributed by atoms with van der Waals surface area (Å²) >= 11 is -3.19. The molecule has 0 bridgehead atoms. The van der Waals surface area contributed by atoms with Crippen LogP contribution in [0.5, 0.6) is 0 Å². The normalized spacial score (nSPS) is 11.8. The Kier molecular flexibility index (Phi) is 13.1. The van der Waals surface area contributed by atoms with Gasteiger partial charge in [-0.3, -0.25) is 0 Å². The molecule has 0 saturated carbocycles. The van der Waals surface area contributed by atoms with Gasteiger partial charge >= 0.3 is 86.1 Å². The predicted molar refractivity (Wildman–Crippen MR) is 48.7 cm³/mol. The fourth-order valence-electron chi connectivity index (χ4n) is 0.172. The number of phosphoric acid groups is 2. The fraction of sp³-hybridized carbons (Fsp3) is 0. The van der Waals surface area contributed by atoms with Crippen LogP contribution in [0.4, 0.5) is 0 Å². The topological polar surface area (TPSA) is 151 Å². The SMILES string of the molecule is O=S(OP(=O)(O)O)OP(=O)(O)O.[NaH].[NaH]. The molecule has 9 nitrogen and oxygen atoms in total. The zero-order valence-electron chi connectivity index (χ0n) is 5.13.